The molecule has 10 heteroatoms. The molecule has 0 spiro atoms. The van der Waals surface area contributed by atoms with E-state index in [0.29, 0.717) is 32.1 Å². The average molecular weight is 334 g/mol. The second kappa shape index (κ2) is 7.52. The molecule has 1 fully saturated rings. The van der Waals surface area contributed by atoms with Gasteiger partial charge in [0.2, 0.25) is 5.95 Å². The lowest BCUT2D eigenvalue weighted by molar-refractivity contribution is -0.0327. The molecule has 1 aromatic heterocycles. The first-order valence-electron chi connectivity index (χ1n) is 6.73. The van der Waals surface area contributed by atoms with Gasteiger partial charge in [-0.05, 0) is 17.8 Å². The zero-order chi connectivity index (χ0) is 16.0. The Bertz CT molecular complexity index is 487. The lowest BCUT2D eigenvalue weighted by atomic mass is 10.3. The molecule has 1 aliphatic rings. The van der Waals surface area contributed by atoms with E-state index in [4.69, 9.17) is 5.73 Å². The first-order valence-corrected chi connectivity index (χ1v) is 7.72. The molecule has 0 amide bonds. The summed E-state index contributed by atoms with van der Waals surface area (Å²) in [7, 11) is 0. The van der Waals surface area contributed by atoms with Gasteiger partial charge in [-0.3, -0.25) is 4.99 Å². The number of alkyl halides is 3. The minimum atomic E-state index is -4.22. The number of hydrogen-bond acceptors (Lipinski definition) is 5. The van der Waals surface area contributed by atoms with Gasteiger partial charge in [-0.25, -0.2) is 9.97 Å². The third-order valence-corrected chi connectivity index (χ3v) is 3.78. The van der Waals surface area contributed by atoms with Crippen molar-refractivity contribution in [2.45, 2.75) is 5.51 Å². The van der Waals surface area contributed by atoms with Crippen molar-refractivity contribution in [3.63, 3.8) is 0 Å². The number of rotatable bonds is 4. The number of halogens is 3. The number of aliphatic imine (C=N–C) groups is 1. The van der Waals surface area contributed by atoms with Crippen molar-refractivity contribution in [3.05, 3.63) is 18.5 Å². The summed E-state index contributed by atoms with van der Waals surface area (Å²) in [4.78, 5) is 16.3. The number of hydrogen-bond donors (Lipinski definition) is 1. The second-order valence-electron chi connectivity index (χ2n) is 4.56. The summed E-state index contributed by atoms with van der Waals surface area (Å²) in [5, 5.41) is 0. The molecule has 22 heavy (non-hydrogen) atoms. The largest absolute Gasteiger partial charge is 0.441 e. The topological polar surface area (TPSA) is 70.6 Å². The Labute approximate surface area is 130 Å². The van der Waals surface area contributed by atoms with Crippen LogP contribution in [0, 0.1) is 0 Å². The van der Waals surface area contributed by atoms with Crippen molar-refractivity contribution < 1.29 is 13.2 Å². The van der Waals surface area contributed by atoms with Crippen molar-refractivity contribution in [1.29, 1.82) is 0 Å². The van der Waals surface area contributed by atoms with Gasteiger partial charge >= 0.3 is 5.51 Å². The summed E-state index contributed by atoms with van der Waals surface area (Å²) in [5.41, 5.74) is 1.60. The van der Waals surface area contributed by atoms with Gasteiger partial charge in [0.05, 0.1) is 6.54 Å². The molecule has 1 aromatic rings. The fraction of sp³-hybridized carbons (Fsp3) is 0.583. The molecular formula is C12H17F3N6S. The van der Waals surface area contributed by atoms with Crippen LogP contribution in [0.15, 0.2) is 23.5 Å². The Balaban J connectivity index is 1.76. The van der Waals surface area contributed by atoms with Gasteiger partial charge in [0.25, 0.3) is 0 Å². The highest BCUT2D eigenvalue weighted by Crippen LogP contribution is 2.29. The molecule has 0 aromatic carbocycles. The molecule has 1 saturated heterocycles. The van der Waals surface area contributed by atoms with E-state index in [2.05, 4.69) is 15.0 Å². The molecule has 0 saturated carbocycles. The van der Waals surface area contributed by atoms with Crippen LogP contribution in [0.4, 0.5) is 19.1 Å². The number of piperazine rings is 1. The third kappa shape index (κ3) is 5.24. The van der Waals surface area contributed by atoms with Crippen LogP contribution >= 0.6 is 11.8 Å². The van der Waals surface area contributed by atoms with Gasteiger partial charge in [-0.2, -0.15) is 13.2 Å². The Morgan fingerprint density at radius 3 is 2.45 bits per heavy atom. The first-order chi connectivity index (χ1) is 10.5. The van der Waals surface area contributed by atoms with E-state index in [0.717, 1.165) is 0 Å². The van der Waals surface area contributed by atoms with Crippen LogP contribution in [0.1, 0.15) is 0 Å². The van der Waals surface area contributed by atoms with Crippen molar-refractivity contribution in [2.75, 3.05) is 43.4 Å². The molecule has 1 aliphatic heterocycles. The van der Waals surface area contributed by atoms with Crippen LogP contribution in [0.5, 0.6) is 0 Å². The SMILES string of the molecule is NC(=NCCSC(F)(F)F)N1CCN(c2ncccn2)CC1. The molecule has 6 nitrogen and oxygen atoms in total. The Morgan fingerprint density at radius 2 is 1.86 bits per heavy atom. The Morgan fingerprint density at radius 1 is 1.23 bits per heavy atom. The molecular weight excluding hydrogens is 317 g/mol. The van der Waals surface area contributed by atoms with Gasteiger partial charge < -0.3 is 15.5 Å². The van der Waals surface area contributed by atoms with E-state index in [1.807, 2.05) is 9.80 Å². The molecule has 2 rings (SSSR count). The van der Waals surface area contributed by atoms with E-state index in [9.17, 15) is 13.2 Å². The van der Waals surface area contributed by atoms with E-state index in [1.54, 1.807) is 18.5 Å². The normalized spacial score (nSPS) is 17.0. The van der Waals surface area contributed by atoms with E-state index in [1.165, 1.54) is 0 Å². The zero-order valence-corrected chi connectivity index (χ0v) is 12.6. The number of thioether (sulfide) groups is 1. The van der Waals surface area contributed by atoms with Crippen LogP contribution in [-0.2, 0) is 0 Å². The second-order valence-corrected chi connectivity index (χ2v) is 5.72. The maximum Gasteiger partial charge on any atom is 0.441 e. The average Bonchev–Trinajstić information content (AvgIpc) is 2.51. The van der Waals surface area contributed by atoms with Gasteiger partial charge in [0, 0.05) is 44.3 Å². The summed E-state index contributed by atoms with van der Waals surface area (Å²) in [6.07, 6.45) is 3.37. The number of guanidine groups is 1. The fourth-order valence-corrected chi connectivity index (χ4v) is 2.43. The molecule has 122 valence electrons. The molecule has 0 aliphatic carbocycles. The minimum absolute atomic E-state index is 0.0536. The number of nitrogens with zero attached hydrogens (tertiary/aromatic N) is 5. The molecule has 0 radical (unpaired) electrons. The molecule has 2 heterocycles. The maximum atomic E-state index is 12.0. The number of anilines is 1. The van der Waals surface area contributed by atoms with Crippen LogP contribution in [0.3, 0.4) is 0 Å². The summed E-state index contributed by atoms with van der Waals surface area (Å²) < 4.78 is 36.0. The van der Waals surface area contributed by atoms with Gasteiger partial charge in [0.1, 0.15) is 0 Å². The van der Waals surface area contributed by atoms with Crippen molar-refractivity contribution in [3.8, 4) is 0 Å². The quantitative estimate of drug-likeness (QED) is 0.506. The molecule has 0 atom stereocenters. The Hall–Kier alpha value is -1.71. The highest BCUT2D eigenvalue weighted by molar-refractivity contribution is 8.00. The predicted molar refractivity (Wildman–Crippen MR) is 80.8 cm³/mol. The first kappa shape index (κ1) is 16.7. The maximum absolute atomic E-state index is 12.0. The monoisotopic (exact) mass is 334 g/mol. The lowest BCUT2D eigenvalue weighted by Gasteiger charge is -2.35. The molecule has 2 N–H and O–H groups in total. The smallest absolute Gasteiger partial charge is 0.370 e. The van der Waals surface area contributed by atoms with Crippen LogP contribution in [0.2, 0.25) is 0 Å². The highest BCUT2D eigenvalue weighted by atomic mass is 32.2. The van der Waals surface area contributed by atoms with Crippen molar-refractivity contribution in [2.24, 2.45) is 10.7 Å². The van der Waals surface area contributed by atoms with Crippen molar-refractivity contribution in [1.82, 2.24) is 14.9 Å². The van der Waals surface area contributed by atoms with E-state index >= 15 is 0 Å². The minimum Gasteiger partial charge on any atom is -0.370 e. The predicted octanol–water partition coefficient (Wildman–Crippen LogP) is 1.17. The number of nitrogens with two attached hydrogens (primary N) is 1. The lowest BCUT2D eigenvalue weighted by Crippen LogP contribution is -2.51. The van der Waals surface area contributed by atoms with Gasteiger partial charge in [-0.1, -0.05) is 0 Å². The van der Waals surface area contributed by atoms with E-state index in [-0.39, 0.29) is 30.0 Å². The summed E-state index contributed by atoms with van der Waals surface area (Å²) in [6, 6.07) is 1.75. The zero-order valence-electron chi connectivity index (χ0n) is 11.8. The molecule has 0 bridgehead atoms. The van der Waals surface area contributed by atoms with Gasteiger partial charge in [-0.15, -0.1) is 0 Å². The van der Waals surface area contributed by atoms with Gasteiger partial charge in [0.15, 0.2) is 5.96 Å². The van der Waals surface area contributed by atoms with E-state index < -0.39 is 5.51 Å². The van der Waals surface area contributed by atoms with Crippen LogP contribution in [-0.4, -0.2) is 64.8 Å². The van der Waals surface area contributed by atoms with Crippen molar-refractivity contribution >= 4 is 23.7 Å². The highest BCUT2D eigenvalue weighted by Gasteiger charge is 2.27. The summed E-state index contributed by atoms with van der Waals surface area (Å²) >= 11 is -0.0860. The standard InChI is InChI=1S/C12H17F3N6S/c13-12(14,15)22-9-4-17-10(16)20-5-7-21(8-6-20)11-18-2-1-3-19-11/h1-3H,4-9H2,(H2,16,17). The molecule has 0 unspecified atom stereocenters. The third-order valence-electron chi connectivity index (χ3n) is 3.07. The number of aromatic nitrogens is 2. The fourth-order valence-electron chi connectivity index (χ4n) is 2.01. The van der Waals surface area contributed by atoms with Crippen LogP contribution < -0.4 is 10.6 Å². The summed E-state index contributed by atoms with van der Waals surface area (Å²) in [6.45, 7) is 2.72. The summed E-state index contributed by atoms with van der Waals surface area (Å²) in [5.74, 6) is 0.831. The van der Waals surface area contributed by atoms with Crippen LogP contribution in [0.25, 0.3) is 0 Å². The Kier molecular flexibility index (Phi) is 5.69.